The molecule has 176 valence electrons. The minimum Gasteiger partial charge on any atom is -0.339 e. The molecule has 1 aromatic heterocycles. The van der Waals surface area contributed by atoms with E-state index in [9.17, 15) is 9.59 Å². The van der Waals surface area contributed by atoms with Gasteiger partial charge in [0.15, 0.2) is 0 Å². The van der Waals surface area contributed by atoms with Crippen molar-refractivity contribution in [1.29, 1.82) is 0 Å². The summed E-state index contributed by atoms with van der Waals surface area (Å²) in [6.07, 6.45) is 8.01. The molecule has 0 unspecified atom stereocenters. The van der Waals surface area contributed by atoms with Crippen LogP contribution in [-0.4, -0.2) is 27.6 Å². The molecule has 0 saturated heterocycles. The Morgan fingerprint density at radius 1 is 1.15 bits per heavy atom. The Balaban J connectivity index is 1.38. The van der Waals surface area contributed by atoms with Crippen molar-refractivity contribution >= 4 is 17.5 Å². The Hall–Kier alpha value is -2.67. The molecular weight excluding hydrogens is 414 g/mol. The van der Waals surface area contributed by atoms with Crippen LogP contribution in [0.2, 0.25) is 0 Å². The highest BCUT2D eigenvalue weighted by atomic mass is 16.2. The molecule has 7 nitrogen and oxygen atoms in total. The first-order chi connectivity index (χ1) is 15.7. The number of hydrogen-bond donors (Lipinski definition) is 3. The van der Waals surface area contributed by atoms with Gasteiger partial charge in [-0.3, -0.25) is 14.3 Å². The van der Waals surface area contributed by atoms with Gasteiger partial charge in [-0.15, -0.1) is 0 Å². The third-order valence-corrected chi connectivity index (χ3v) is 7.58. The van der Waals surface area contributed by atoms with Gasteiger partial charge in [0, 0.05) is 23.5 Å². The van der Waals surface area contributed by atoms with Crippen molar-refractivity contribution in [3.8, 4) is 0 Å². The van der Waals surface area contributed by atoms with Gasteiger partial charge in [-0.2, -0.15) is 5.10 Å². The highest BCUT2D eigenvalue weighted by Crippen LogP contribution is 2.51. The zero-order valence-electron chi connectivity index (χ0n) is 19.8. The van der Waals surface area contributed by atoms with Crippen molar-refractivity contribution in [2.45, 2.75) is 76.9 Å². The topological polar surface area (TPSA) is 102 Å². The van der Waals surface area contributed by atoms with Gasteiger partial charge < -0.3 is 16.4 Å². The lowest BCUT2D eigenvalue weighted by atomic mass is 9.88. The molecule has 3 aliphatic rings. The van der Waals surface area contributed by atoms with E-state index in [2.05, 4.69) is 22.7 Å². The van der Waals surface area contributed by atoms with E-state index < -0.39 is 6.04 Å². The second-order valence-corrected chi connectivity index (χ2v) is 10.7. The molecule has 2 amide bonds. The van der Waals surface area contributed by atoms with E-state index in [0.717, 1.165) is 49.8 Å². The molecule has 1 heterocycles. The van der Waals surface area contributed by atoms with Gasteiger partial charge in [0.1, 0.15) is 11.7 Å². The van der Waals surface area contributed by atoms with E-state index in [1.165, 1.54) is 5.56 Å². The third kappa shape index (κ3) is 4.43. The molecule has 1 aromatic carbocycles. The zero-order valence-corrected chi connectivity index (χ0v) is 19.8. The molecule has 2 saturated carbocycles. The van der Waals surface area contributed by atoms with Gasteiger partial charge in [-0.25, -0.2) is 0 Å². The normalized spacial score (nSPS) is 23.0. The van der Waals surface area contributed by atoms with Crippen LogP contribution in [0.3, 0.4) is 0 Å². The van der Waals surface area contributed by atoms with Crippen molar-refractivity contribution in [2.24, 2.45) is 23.5 Å². The van der Waals surface area contributed by atoms with Crippen LogP contribution < -0.4 is 16.4 Å². The fraction of sp³-hybridized carbons (Fsp3) is 0.577. The van der Waals surface area contributed by atoms with E-state index in [1.807, 2.05) is 32.0 Å². The number of carbonyl (C=O) groups excluding carboxylic acids is 2. The maximum atomic E-state index is 13.6. The van der Waals surface area contributed by atoms with E-state index in [-0.39, 0.29) is 29.3 Å². The molecular formula is C26H35N5O2. The van der Waals surface area contributed by atoms with Crippen LogP contribution in [-0.2, 0) is 16.8 Å². The van der Waals surface area contributed by atoms with Gasteiger partial charge in [-0.1, -0.05) is 6.07 Å². The van der Waals surface area contributed by atoms with Gasteiger partial charge in [0.05, 0.1) is 0 Å². The number of aromatic nitrogens is 2. The maximum Gasteiger partial charge on any atom is 0.270 e. The first kappa shape index (κ1) is 22.1. The van der Waals surface area contributed by atoms with Gasteiger partial charge in [0.2, 0.25) is 5.91 Å². The number of benzene rings is 1. The smallest absolute Gasteiger partial charge is 0.270 e. The number of anilines is 1. The summed E-state index contributed by atoms with van der Waals surface area (Å²) >= 11 is 0. The van der Waals surface area contributed by atoms with Crippen molar-refractivity contribution in [3.63, 3.8) is 0 Å². The SMILES string of the molecule is CC(C)n1nccc1C(=O)N[C@H](C(=O)Nc1ccc2c(c1)CC[C@]2(C)N)C(C1CC1)C1CC1. The van der Waals surface area contributed by atoms with Crippen molar-refractivity contribution < 1.29 is 9.59 Å². The molecule has 0 aliphatic heterocycles. The lowest BCUT2D eigenvalue weighted by molar-refractivity contribution is -0.119. The van der Waals surface area contributed by atoms with E-state index >= 15 is 0 Å². The second kappa shape index (κ2) is 8.28. The average molecular weight is 450 g/mol. The molecule has 4 N–H and O–H groups in total. The number of fused-ring (bicyclic) bond motifs is 1. The van der Waals surface area contributed by atoms with Crippen LogP contribution in [0.5, 0.6) is 0 Å². The summed E-state index contributed by atoms with van der Waals surface area (Å²) in [6, 6.07) is 7.24. The van der Waals surface area contributed by atoms with Gasteiger partial charge >= 0.3 is 0 Å². The van der Waals surface area contributed by atoms with E-state index in [4.69, 9.17) is 5.73 Å². The molecule has 3 aliphatic carbocycles. The number of nitrogens with two attached hydrogens (primary N) is 1. The second-order valence-electron chi connectivity index (χ2n) is 10.7. The number of carbonyl (C=O) groups is 2. The Morgan fingerprint density at radius 2 is 1.85 bits per heavy atom. The number of rotatable bonds is 8. The molecule has 0 bridgehead atoms. The molecule has 0 spiro atoms. The number of amides is 2. The summed E-state index contributed by atoms with van der Waals surface area (Å²) < 4.78 is 1.71. The fourth-order valence-corrected chi connectivity index (χ4v) is 5.53. The van der Waals surface area contributed by atoms with Crippen LogP contribution in [0.25, 0.3) is 0 Å². The van der Waals surface area contributed by atoms with Gasteiger partial charge in [-0.05, 0) is 106 Å². The zero-order chi connectivity index (χ0) is 23.3. The average Bonchev–Trinajstić information content (AvgIpc) is 3.70. The molecule has 2 fully saturated rings. The maximum absolute atomic E-state index is 13.6. The molecule has 5 rings (SSSR count). The minimum absolute atomic E-state index is 0.0651. The third-order valence-electron chi connectivity index (χ3n) is 7.58. The molecule has 2 atom stereocenters. The lowest BCUT2D eigenvalue weighted by Gasteiger charge is -2.28. The van der Waals surface area contributed by atoms with E-state index in [1.54, 1.807) is 16.9 Å². The standard InChI is InChI=1S/C26H35N5O2/c1-15(2)31-21(11-13-28-31)24(32)30-23(22(16-4-5-16)17-6-7-17)25(33)29-19-8-9-20-18(14-19)10-12-26(20,3)27/h8-9,11,13-17,22-23H,4-7,10,12,27H2,1-3H3,(H,29,33)(H,30,32)/t23-,26-/m0/s1. The predicted octanol–water partition coefficient (Wildman–Crippen LogP) is 3.76. The van der Waals surface area contributed by atoms with E-state index in [0.29, 0.717) is 17.5 Å². The fourth-order valence-electron chi connectivity index (χ4n) is 5.53. The highest BCUT2D eigenvalue weighted by molar-refractivity contribution is 6.00. The Morgan fingerprint density at radius 3 is 2.48 bits per heavy atom. The molecule has 2 aromatic rings. The number of aryl methyl sites for hydroxylation is 1. The largest absolute Gasteiger partial charge is 0.339 e. The van der Waals surface area contributed by atoms with Crippen LogP contribution >= 0.6 is 0 Å². The Bertz CT molecular complexity index is 1050. The number of hydrogen-bond acceptors (Lipinski definition) is 4. The first-order valence-electron chi connectivity index (χ1n) is 12.3. The quantitative estimate of drug-likeness (QED) is 0.571. The monoisotopic (exact) mass is 449 g/mol. The minimum atomic E-state index is -0.555. The van der Waals surface area contributed by atoms with Crippen molar-refractivity contribution in [3.05, 3.63) is 47.3 Å². The van der Waals surface area contributed by atoms with Crippen LogP contribution in [0, 0.1) is 17.8 Å². The predicted molar refractivity (Wildman–Crippen MR) is 128 cm³/mol. The summed E-state index contributed by atoms with van der Waals surface area (Å²) in [5.41, 5.74) is 9.71. The van der Waals surface area contributed by atoms with Gasteiger partial charge in [0.25, 0.3) is 5.91 Å². The van der Waals surface area contributed by atoms with Crippen LogP contribution in [0.15, 0.2) is 30.5 Å². The van der Waals surface area contributed by atoms with Crippen LogP contribution in [0.4, 0.5) is 5.69 Å². The summed E-state index contributed by atoms with van der Waals surface area (Å²) in [4.78, 5) is 26.8. The molecule has 0 radical (unpaired) electrons. The van der Waals surface area contributed by atoms with Crippen LogP contribution in [0.1, 0.15) is 80.5 Å². The summed E-state index contributed by atoms with van der Waals surface area (Å²) in [7, 11) is 0. The first-order valence-corrected chi connectivity index (χ1v) is 12.3. The summed E-state index contributed by atoms with van der Waals surface area (Å²) in [5, 5.41) is 10.5. The highest BCUT2D eigenvalue weighted by Gasteiger charge is 2.48. The molecule has 7 heteroatoms. The number of nitrogens with one attached hydrogen (secondary N) is 2. The lowest BCUT2D eigenvalue weighted by Crippen LogP contribution is -2.50. The van der Waals surface area contributed by atoms with Crippen molar-refractivity contribution in [2.75, 3.05) is 5.32 Å². The Labute approximate surface area is 195 Å². The summed E-state index contributed by atoms with van der Waals surface area (Å²) in [5.74, 6) is 0.853. The van der Waals surface area contributed by atoms with Crippen molar-refractivity contribution in [1.82, 2.24) is 15.1 Å². The Kier molecular flexibility index (Phi) is 5.55. The number of nitrogens with zero attached hydrogens (tertiary/aromatic N) is 2. The summed E-state index contributed by atoms with van der Waals surface area (Å²) in [6.45, 7) is 6.04. The molecule has 33 heavy (non-hydrogen) atoms.